The molecule has 2 aromatic carbocycles. The van der Waals surface area contributed by atoms with Gasteiger partial charge in [0.1, 0.15) is 5.52 Å². The number of urea groups is 1. The fourth-order valence-electron chi connectivity index (χ4n) is 3.60. The topological polar surface area (TPSA) is 73.6 Å². The molecule has 2 amide bonds. The molecule has 4 rings (SSSR count). The van der Waals surface area contributed by atoms with Crippen molar-refractivity contribution in [3.8, 4) is 0 Å². The molecule has 0 unspecified atom stereocenters. The Balaban J connectivity index is 1.50. The van der Waals surface area contributed by atoms with E-state index in [0.717, 1.165) is 19.2 Å². The number of alkyl halides is 3. The zero-order valence-corrected chi connectivity index (χ0v) is 18.8. The number of carbonyl (C=O) groups excluding carboxylic acids is 1. The van der Waals surface area contributed by atoms with Gasteiger partial charge in [0.05, 0.1) is 11.3 Å². The lowest BCUT2D eigenvalue weighted by atomic mass is 10.0. The third kappa shape index (κ3) is 5.05. The molecule has 2 N–H and O–H groups in total. The third-order valence-electron chi connectivity index (χ3n) is 5.35. The van der Waals surface area contributed by atoms with Crippen LogP contribution in [0.1, 0.15) is 11.1 Å². The summed E-state index contributed by atoms with van der Waals surface area (Å²) in [6, 6.07) is 6.48. The van der Waals surface area contributed by atoms with Gasteiger partial charge in [-0.2, -0.15) is 13.2 Å². The van der Waals surface area contributed by atoms with Gasteiger partial charge in [-0.3, -0.25) is 4.90 Å². The SMILES string of the molecule is CN1CCN(Cc2ccc(NC(=O)Nc3ccc(Br)c4ncoc34)cc2C(F)(F)F)CC1. The lowest BCUT2D eigenvalue weighted by molar-refractivity contribution is -0.138. The average Bonchev–Trinajstić information content (AvgIpc) is 3.23. The average molecular weight is 512 g/mol. The van der Waals surface area contributed by atoms with Gasteiger partial charge in [-0.1, -0.05) is 6.07 Å². The normalized spacial score (nSPS) is 15.8. The molecule has 0 atom stereocenters. The number of anilines is 2. The molecule has 11 heteroatoms. The molecule has 1 fully saturated rings. The van der Waals surface area contributed by atoms with E-state index in [1.54, 1.807) is 12.1 Å². The number of benzene rings is 2. The molecule has 7 nitrogen and oxygen atoms in total. The smallest absolute Gasteiger partial charge is 0.416 e. The molecule has 1 aliphatic rings. The fourth-order valence-corrected chi connectivity index (χ4v) is 4.02. The van der Waals surface area contributed by atoms with Gasteiger partial charge in [0, 0.05) is 42.9 Å². The largest absolute Gasteiger partial charge is 0.441 e. The summed E-state index contributed by atoms with van der Waals surface area (Å²) in [5.74, 6) is 0. The summed E-state index contributed by atoms with van der Waals surface area (Å²) >= 11 is 3.34. The molecule has 0 spiro atoms. The zero-order chi connectivity index (χ0) is 22.9. The lowest BCUT2D eigenvalue weighted by Crippen LogP contribution is -2.44. The number of hydrogen-bond acceptors (Lipinski definition) is 5. The monoisotopic (exact) mass is 511 g/mol. The van der Waals surface area contributed by atoms with E-state index < -0.39 is 17.8 Å². The van der Waals surface area contributed by atoms with Crippen LogP contribution in [-0.4, -0.2) is 54.0 Å². The van der Waals surface area contributed by atoms with Gasteiger partial charge in [0.2, 0.25) is 0 Å². The number of amides is 2. The quantitative estimate of drug-likeness (QED) is 0.515. The molecule has 32 heavy (non-hydrogen) atoms. The van der Waals surface area contributed by atoms with Crippen LogP contribution >= 0.6 is 15.9 Å². The zero-order valence-electron chi connectivity index (χ0n) is 17.2. The van der Waals surface area contributed by atoms with E-state index in [9.17, 15) is 18.0 Å². The number of oxazole rings is 1. The van der Waals surface area contributed by atoms with E-state index in [1.807, 2.05) is 11.9 Å². The fraction of sp³-hybridized carbons (Fsp3) is 0.333. The maximum absolute atomic E-state index is 13.7. The predicted octanol–water partition coefficient (Wildman–Crippen LogP) is 5.00. The molecule has 170 valence electrons. The number of halogens is 4. The first-order chi connectivity index (χ1) is 15.2. The maximum Gasteiger partial charge on any atom is 0.416 e. The van der Waals surface area contributed by atoms with Gasteiger partial charge < -0.3 is 20.0 Å². The number of likely N-dealkylation sites (N-methyl/N-ethyl adjacent to an activating group) is 1. The Morgan fingerprint density at radius 3 is 2.62 bits per heavy atom. The van der Waals surface area contributed by atoms with E-state index in [-0.39, 0.29) is 17.8 Å². The number of piperazine rings is 1. The Kier molecular flexibility index (Phi) is 6.40. The molecule has 0 bridgehead atoms. The molecule has 1 aromatic heterocycles. The molecule has 1 saturated heterocycles. The van der Waals surface area contributed by atoms with Crippen LogP contribution in [0.15, 0.2) is 45.6 Å². The number of carbonyl (C=O) groups is 1. The minimum atomic E-state index is -4.53. The van der Waals surface area contributed by atoms with Crippen molar-refractivity contribution in [2.75, 3.05) is 43.9 Å². The third-order valence-corrected chi connectivity index (χ3v) is 5.99. The highest BCUT2D eigenvalue weighted by molar-refractivity contribution is 9.10. The van der Waals surface area contributed by atoms with Crippen molar-refractivity contribution in [1.29, 1.82) is 0 Å². The van der Waals surface area contributed by atoms with Crippen molar-refractivity contribution in [3.63, 3.8) is 0 Å². The Morgan fingerprint density at radius 1 is 1.16 bits per heavy atom. The van der Waals surface area contributed by atoms with Gasteiger partial charge in [-0.25, -0.2) is 9.78 Å². The van der Waals surface area contributed by atoms with Crippen LogP contribution in [-0.2, 0) is 12.7 Å². The summed E-state index contributed by atoms with van der Waals surface area (Å²) < 4.78 is 47.2. The second kappa shape index (κ2) is 9.08. The summed E-state index contributed by atoms with van der Waals surface area (Å²) in [6.45, 7) is 3.25. The van der Waals surface area contributed by atoms with E-state index in [2.05, 4.69) is 36.4 Å². The number of nitrogens with one attached hydrogen (secondary N) is 2. The summed E-state index contributed by atoms with van der Waals surface area (Å²) in [5, 5.41) is 5.06. The van der Waals surface area contributed by atoms with E-state index in [4.69, 9.17) is 4.42 Å². The predicted molar refractivity (Wildman–Crippen MR) is 119 cm³/mol. The van der Waals surface area contributed by atoms with Crippen LogP contribution < -0.4 is 10.6 Å². The van der Waals surface area contributed by atoms with Crippen LogP contribution in [0.2, 0.25) is 0 Å². The van der Waals surface area contributed by atoms with Gasteiger partial charge in [0.25, 0.3) is 0 Å². The Morgan fingerprint density at radius 2 is 1.91 bits per heavy atom. The van der Waals surface area contributed by atoms with Gasteiger partial charge in [0.15, 0.2) is 12.0 Å². The first kappa shape index (κ1) is 22.6. The first-order valence-corrected chi connectivity index (χ1v) is 10.7. The molecule has 3 aromatic rings. The number of nitrogens with zero attached hydrogens (tertiary/aromatic N) is 3. The lowest BCUT2D eigenvalue weighted by Gasteiger charge is -2.33. The number of aromatic nitrogens is 1. The van der Waals surface area contributed by atoms with E-state index in [0.29, 0.717) is 34.3 Å². The molecule has 0 radical (unpaired) electrons. The molecule has 1 aliphatic heterocycles. The second-order valence-electron chi connectivity index (χ2n) is 7.65. The summed E-state index contributed by atoms with van der Waals surface area (Å²) in [6.07, 6.45) is -3.29. The summed E-state index contributed by atoms with van der Waals surface area (Å²) in [4.78, 5) is 20.6. The van der Waals surface area contributed by atoms with Crippen molar-refractivity contribution >= 4 is 44.4 Å². The maximum atomic E-state index is 13.7. The van der Waals surface area contributed by atoms with Crippen LogP contribution in [0, 0.1) is 0 Å². The second-order valence-corrected chi connectivity index (χ2v) is 8.51. The highest BCUT2D eigenvalue weighted by atomic mass is 79.9. The number of rotatable bonds is 4. The van der Waals surface area contributed by atoms with Crippen molar-refractivity contribution in [3.05, 3.63) is 52.3 Å². The number of hydrogen-bond donors (Lipinski definition) is 2. The standard InChI is InChI=1S/C21H21BrF3N5O2/c1-29-6-8-30(9-7-29)11-13-2-3-14(10-15(13)21(23,24)25)27-20(31)28-17-5-4-16(22)18-19(17)32-12-26-18/h2-5,10,12H,6-9,11H2,1H3,(H2,27,28,31). The number of fused-ring (bicyclic) bond motifs is 1. The highest BCUT2D eigenvalue weighted by Gasteiger charge is 2.34. The Hall–Kier alpha value is -2.63. The van der Waals surface area contributed by atoms with E-state index >= 15 is 0 Å². The van der Waals surface area contributed by atoms with Crippen molar-refractivity contribution < 1.29 is 22.4 Å². The molecular weight excluding hydrogens is 491 g/mol. The Labute approximate surface area is 190 Å². The minimum absolute atomic E-state index is 0.0443. The van der Waals surface area contributed by atoms with Gasteiger partial charge in [-0.05, 0) is 52.8 Å². The van der Waals surface area contributed by atoms with Crippen LogP contribution in [0.4, 0.5) is 29.3 Å². The van der Waals surface area contributed by atoms with Crippen molar-refractivity contribution in [2.45, 2.75) is 12.7 Å². The van der Waals surface area contributed by atoms with E-state index in [1.165, 1.54) is 18.5 Å². The van der Waals surface area contributed by atoms with Gasteiger partial charge >= 0.3 is 12.2 Å². The Bertz CT molecular complexity index is 1130. The summed E-state index contributed by atoms with van der Waals surface area (Å²) in [5.41, 5.74) is 0.701. The molecular formula is C21H21BrF3N5O2. The first-order valence-electron chi connectivity index (χ1n) is 9.91. The van der Waals surface area contributed by atoms with Crippen molar-refractivity contribution in [2.24, 2.45) is 0 Å². The van der Waals surface area contributed by atoms with Crippen LogP contribution in [0.5, 0.6) is 0 Å². The summed E-state index contributed by atoms with van der Waals surface area (Å²) in [7, 11) is 1.99. The highest BCUT2D eigenvalue weighted by Crippen LogP contribution is 2.35. The van der Waals surface area contributed by atoms with Gasteiger partial charge in [-0.15, -0.1) is 0 Å². The minimum Gasteiger partial charge on any atom is -0.441 e. The molecule has 0 saturated carbocycles. The van der Waals surface area contributed by atoms with Crippen LogP contribution in [0.25, 0.3) is 11.1 Å². The van der Waals surface area contributed by atoms with Crippen LogP contribution in [0.3, 0.4) is 0 Å². The molecule has 0 aliphatic carbocycles. The van der Waals surface area contributed by atoms with Crippen molar-refractivity contribution in [1.82, 2.24) is 14.8 Å². The molecule has 2 heterocycles.